The Hall–Kier alpha value is -0.660. The van der Waals surface area contributed by atoms with Gasteiger partial charge in [-0.25, -0.2) is 0 Å². The van der Waals surface area contributed by atoms with Crippen molar-refractivity contribution in [2.75, 3.05) is 19.9 Å². The summed E-state index contributed by atoms with van der Waals surface area (Å²) in [6.45, 7) is 0.340. The highest BCUT2D eigenvalue weighted by Crippen LogP contribution is 2.13. The maximum Gasteiger partial charge on any atom is 0.322 e. The minimum atomic E-state index is -3.46. The van der Waals surface area contributed by atoms with Gasteiger partial charge in [-0.2, -0.15) is 8.42 Å². The monoisotopic (exact) mass is 223 g/mol. The van der Waals surface area contributed by atoms with Gasteiger partial charge < -0.3 is 10.1 Å². The molecule has 0 radical (unpaired) electrons. The molecule has 2 atom stereocenters. The van der Waals surface area contributed by atoms with E-state index in [2.05, 4.69) is 10.1 Å². The molecule has 1 heterocycles. The molecule has 82 valence electrons. The summed E-state index contributed by atoms with van der Waals surface area (Å²) in [6, 6.07) is -0.466. The maximum atomic E-state index is 11.0. The topological polar surface area (TPSA) is 81.7 Å². The molecule has 0 aromatic carbocycles. The minimum absolute atomic E-state index is 0.319. The van der Waals surface area contributed by atoms with Crippen LogP contribution in [0.3, 0.4) is 0 Å². The van der Waals surface area contributed by atoms with Crippen molar-refractivity contribution >= 4 is 16.1 Å². The molecule has 0 saturated carbocycles. The first-order valence-corrected chi connectivity index (χ1v) is 5.93. The molecule has 1 saturated heterocycles. The van der Waals surface area contributed by atoms with Gasteiger partial charge in [0, 0.05) is 13.0 Å². The molecule has 0 amide bonds. The summed E-state index contributed by atoms with van der Waals surface area (Å²) in [5, 5.41) is 2.82. The lowest BCUT2D eigenvalue weighted by Gasteiger charge is -2.08. The third-order valence-electron chi connectivity index (χ3n) is 1.89. The second kappa shape index (κ2) is 4.24. The number of esters is 1. The van der Waals surface area contributed by atoms with E-state index in [-0.39, 0.29) is 0 Å². The lowest BCUT2D eigenvalue weighted by atomic mass is 10.2. The van der Waals surface area contributed by atoms with Crippen molar-refractivity contribution in [1.29, 1.82) is 0 Å². The molecule has 1 aliphatic heterocycles. The first-order valence-electron chi connectivity index (χ1n) is 4.12. The van der Waals surface area contributed by atoms with Crippen molar-refractivity contribution in [3.8, 4) is 0 Å². The molecule has 2 unspecified atom stereocenters. The van der Waals surface area contributed by atoms with Crippen LogP contribution < -0.4 is 5.32 Å². The third-order valence-corrected chi connectivity index (χ3v) is 2.51. The van der Waals surface area contributed by atoms with Crippen LogP contribution in [-0.4, -0.2) is 46.4 Å². The van der Waals surface area contributed by atoms with Crippen LogP contribution in [0.4, 0.5) is 0 Å². The number of ether oxygens (including phenoxy) is 1. The largest absolute Gasteiger partial charge is 0.468 e. The number of methoxy groups -OCH3 is 1. The standard InChI is InChI=1S/C7H13NO5S/c1-12-7(9)6-3-5(4-8-6)13-14(2,10)11/h5-6,8H,3-4H2,1-2H3. The van der Waals surface area contributed by atoms with E-state index in [0.29, 0.717) is 13.0 Å². The average Bonchev–Trinajstić information content (AvgIpc) is 2.48. The molecule has 6 nitrogen and oxygen atoms in total. The molecule has 0 aliphatic carbocycles. The zero-order chi connectivity index (χ0) is 10.8. The van der Waals surface area contributed by atoms with E-state index in [0.717, 1.165) is 6.26 Å². The molecule has 7 heteroatoms. The van der Waals surface area contributed by atoms with Crippen LogP contribution in [-0.2, 0) is 23.8 Å². The fraction of sp³-hybridized carbons (Fsp3) is 0.857. The fourth-order valence-corrected chi connectivity index (χ4v) is 1.99. The average molecular weight is 223 g/mol. The van der Waals surface area contributed by atoms with Crippen LogP contribution in [0.1, 0.15) is 6.42 Å². The maximum absolute atomic E-state index is 11.0. The van der Waals surface area contributed by atoms with Gasteiger partial charge in [0.05, 0.1) is 19.5 Å². The second-order valence-corrected chi connectivity index (χ2v) is 4.74. The first kappa shape index (κ1) is 11.4. The van der Waals surface area contributed by atoms with Crippen LogP contribution in [0, 0.1) is 0 Å². The van der Waals surface area contributed by atoms with Crippen LogP contribution in [0.5, 0.6) is 0 Å². The lowest BCUT2D eigenvalue weighted by molar-refractivity contribution is -0.142. The molecule has 14 heavy (non-hydrogen) atoms. The summed E-state index contributed by atoms with van der Waals surface area (Å²) in [7, 11) is -2.17. The molecule has 1 N–H and O–H groups in total. The highest BCUT2D eigenvalue weighted by Gasteiger charge is 2.32. The van der Waals surface area contributed by atoms with Crippen molar-refractivity contribution < 1.29 is 22.1 Å². The summed E-state index contributed by atoms with van der Waals surface area (Å²) in [4.78, 5) is 11.0. The lowest BCUT2D eigenvalue weighted by Crippen LogP contribution is -2.31. The quantitative estimate of drug-likeness (QED) is 0.481. The molecule has 0 aromatic rings. The van der Waals surface area contributed by atoms with E-state index >= 15 is 0 Å². The fourth-order valence-electron chi connectivity index (χ4n) is 1.35. The number of rotatable bonds is 3. The van der Waals surface area contributed by atoms with Crippen LogP contribution in [0.15, 0.2) is 0 Å². The van der Waals surface area contributed by atoms with Crippen LogP contribution >= 0.6 is 0 Å². The van der Waals surface area contributed by atoms with E-state index in [1.165, 1.54) is 7.11 Å². The van der Waals surface area contributed by atoms with Crippen molar-refractivity contribution in [1.82, 2.24) is 5.32 Å². The van der Waals surface area contributed by atoms with Crippen LogP contribution in [0.25, 0.3) is 0 Å². The molecular formula is C7H13NO5S. The van der Waals surface area contributed by atoms with Crippen molar-refractivity contribution in [2.24, 2.45) is 0 Å². The molecular weight excluding hydrogens is 210 g/mol. The van der Waals surface area contributed by atoms with E-state index in [9.17, 15) is 13.2 Å². The Bertz CT molecular complexity index is 312. The van der Waals surface area contributed by atoms with Crippen molar-refractivity contribution in [3.63, 3.8) is 0 Å². The van der Waals surface area contributed by atoms with Crippen LogP contribution in [0.2, 0.25) is 0 Å². The highest BCUT2D eigenvalue weighted by atomic mass is 32.2. The van der Waals surface area contributed by atoms with Crippen molar-refractivity contribution in [3.05, 3.63) is 0 Å². The Balaban J connectivity index is 2.46. The van der Waals surface area contributed by atoms with Gasteiger partial charge in [-0.1, -0.05) is 0 Å². The zero-order valence-electron chi connectivity index (χ0n) is 8.02. The summed E-state index contributed by atoms with van der Waals surface area (Å²) >= 11 is 0. The van der Waals surface area contributed by atoms with E-state index in [4.69, 9.17) is 4.18 Å². The molecule has 0 bridgehead atoms. The summed E-state index contributed by atoms with van der Waals surface area (Å²) < 4.78 is 30.8. The molecule has 1 fully saturated rings. The van der Waals surface area contributed by atoms with Gasteiger partial charge in [0.15, 0.2) is 0 Å². The Kier molecular flexibility index (Phi) is 3.46. The van der Waals surface area contributed by atoms with E-state index in [1.807, 2.05) is 0 Å². The Labute approximate surface area is 82.7 Å². The molecule has 1 aliphatic rings. The van der Waals surface area contributed by atoms with E-state index < -0.39 is 28.2 Å². The first-order chi connectivity index (χ1) is 6.42. The van der Waals surface area contributed by atoms with Gasteiger partial charge in [-0.15, -0.1) is 0 Å². The number of carbonyl (C=O) groups excluding carboxylic acids is 1. The number of nitrogens with one attached hydrogen (secondary N) is 1. The smallest absolute Gasteiger partial charge is 0.322 e. The summed E-state index contributed by atoms with van der Waals surface area (Å²) in [6.07, 6.45) is 0.826. The molecule has 0 aromatic heterocycles. The number of carbonyl (C=O) groups is 1. The summed E-state index contributed by atoms with van der Waals surface area (Å²) in [5.74, 6) is -0.399. The highest BCUT2D eigenvalue weighted by molar-refractivity contribution is 7.86. The molecule has 1 rings (SSSR count). The predicted octanol–water partition coefficient (Wildman–Crippen LogP) is -1.13. The van der Waals surface area contributed by atoms with E-state index in [1.54, 1.807) is 0 Å². The minimum Gasteiger partial charge on any atom is -0.468 e. The Morgan fingerprint density at radius 3 is 2.64 bits per heavy atom. The van der Waals surface area contributed by atoms with Gasteiger partial charge in [0.1, 0.15) is 6.04 Å². The number of hydrogen-bond acceptors (Lipinski definition) is 6. The van der Waals surface area contributed by atoms with Gasteiger partial charge in [0.2, 0.25) is 0 Å². The Morgan fingerprint density at radius 1 is 1.50 bits per heavy atom. The summed E-state index contributed by atoms with van der Waals surface area (Å²) in [5.41, 5.74) is 0. The van der Waals surface area contributed by atoms with Gasteiger partial charge >= 0.3 is 5.97 Å². The van der Waals surface area contributed by atoms with Gasteiger partial charge in [0.25, 0.3) is 10.1 Å². The zero-order valence-corrected chi connectivity index (χ0v) is 8.83. The third kappa shape index (κ3) is 3.24. The predicted molar refractivity (Wildman–Crippen MR) is 48.1 cm³/mol. The van der Waals surface area contributed by atoms with Gasteiger partial charge in [-0.3, -0.25) is 8.98 Å². The molecule has 0 spiro atoms. The van der Waals surface area contributed by atoms with Crippen molar-refractivity contribution in [2.45, 2.75) is 18.6 Å². The second-order valence-electron chi connectivity index (χ2n) is 3.14. The normalized spacial score (nSPS) is 27.6. The van der Waals surface area contributed by atoms with Gasteiger partial charge in [-0.05, 0) is 0 Å². The number of hydrogen-bond donors (Lipinski definition) is 1. The Morgan fingerprint density at radius 2 is 2.14 bits per heavy atom. The SMILES string of the molecule is COC(=O)C1CC(OS(C)(=O)=O)CN1.